The Morgan fingerprint density at radius 1 is 1.25 bits per heavy atom. The van der Waals surface area contributed by atoms with Crippen molar-refractivity contribution in [3.63, 3.8) is 0 Å². The maximum atomic E-state index is 12.4. The highest BCUT2D eigenvalue weighted by atomic mass is 16.5. The van der Waals surface area contributed by atoms with Crippen molar-refractivity contribution in [2.45, 2.75) is 45.6 Å². The highest BCUT2D eigenvalue weighted by Crippen LogP contribution is 2.33. The summed E-state index contributed by atoms with van der Waals surface area (Å²) >= 11 is 0. The first-order valence-corrected chi connectivity index (χ1v) is 9.00. The van der Waals surface area contributed by atoms with Gasteiger partial charge in [0.05, 0.1) is 43.6 Å². The van der Waals surface area contributed by atoms with Crippen molar-refractivity contribution in [2.24, 2.45) is 0 Å². The number of unbranched alkanes of at least 4 members (excludes halogenated alkanes) is 1. The van der Waals surface area contributed by atoms with Crippen LogP contribution < -0.4 is 25.5 Å². The van der Waals surface area contributed by atoms with Crippen molar-refractivity contribution in [2.75, 3.05) is 14.2 Å². The Labute approximate surface area is 162 Å². The largest absolute Gasteiger partial charge is 0.548 e. The number of carboxylic acids is 1. The number of ether oxygens (including phenoxy) is 2. The molecule has 0 fully saturated rings. The number of fused-ring (bicyclic) bond motifs is 1. The average molecular weight is 390 g/mol. The number of hydrogen-bond acceptors (Lipinski definition) is 7. The number of aliphatic carboxylic acids is 1. The summed E-state index contributed by atoms with van der Waals surface area (Å²) in [5.41, 5.74) is 0.271. The van der Waals surface area contributed by atoms with E-state index in [-0.39, 0.29) is 24.0 Å². The van der Waals surface area contributed by atoms with Crippen molar-refractivity contribution < 1.29 is 28.6 Å². The third kappa shape index (κ3) is 4.62. The Bertz CT molecular complexity index is 932. The summed E-state index contributed by atoms with van der Waals surface area (Å²) in [7, 11) is 2.96. The summed E-state index contributed by atoms with van der Waals surface area (Å²) in [6.45, 7) is 3.60. The van der Waals surface area contributed by atoms with Gasteiger partial charge >= 0.3 is 5.63 Å². The molecule has 0 radical (unpaired) electrons. The van der Waals surface area contributed by atoms with E-state index in [1.54, 1.807) is 19.1 Å². The highest BCUT2D eigenvalue weighted by Gasteiger charge is 2.20. The number of benzene rings is 1. The van der Waals surface area contributed by atoms with Crippen LogP contribution in [0.4, 0.5) is 0 Å². The first-order valence-electron chi connectivity index (χ1n) is 9.00. The summed E-state index contributed by atoms with van der Waals surface area (Å²) in [5.74, 6) is -1.04. The summed E-state index contributed by atoms with van der Waals surface area (Å²) in [6.07, 6.45) is 1.38. The minimum Gasteiger partial charge on any atom is -0.548 e. The van der Waals surface area contributed by atoms with E-state index in [0.717, 1.165) is 6.42 Å². The Balaban J connectivity index is 2.38. The van der Waals surface area contributed by atoms with Crippen LogP contribution in [0.5, 0.6) is 11.5 Å². The lowest BCUT2D eigenvalue weighted by molar-refractivity contribution is -0.308. The van der Waals surface area contributed by atoms with Gasteiger partial charge < -0.3 is 29.1 Å². The summed E-state index contributed by atoms with van der Waals surface area (Å²) in [4.78, 5) is 36.0. The number of amides is 1. The lowest BCUT2D eigenvalue weighted by Crippen LogP contribution is -2.48. The van der Waals surface area contributed by atoms with E-state index < -0.39 is 23.5 Å². The number of aryl methyl sites for hydroxylation is 1. The SMILES string of the molecule is CCCC[C@H](NC(=O)Cc1c(C)c2c(OC)cc(OC)cc2oc1=O)C(=O)[O-]. The molecule has 1 N–H and O–H groups in total. The second-order valence-corrected chi connectivity index (χ2v) is 6.45. The monoisotopic (exact) mass is 390 g/mol. The number of carboxylic acid groups (broad SMARTS) is 1. The van der Waals surface area contributed by atoms with Gasteiger partial charge in [0.1, 0.15) is 17.1 Å². The van der Waals surface area contributed by atoms with Gasteiger partial charge in [-0.1, -0.05) is 19.8 Å². The fraction of sp³-hybridized carbons (Fsp3) is 0.450. The molecular weight excluding hydrogens is 366 g/mol. The van der Waals surface area contributed by atoms with Crippen LogP contribution in [0.3, 0.4) is 0 Å². The zero-order valence-electron chi connectivity index (χ0n) is 16.4. The third-order valence-electron chi connectivity index (χ3n) is 4.58. The van der Waals surface area contributed by atoms with E-state index >= 15 is 0 Å². The molecule has 2 aromatic rings. The normalized spacial score (nSPS) is 11.9. The molecule has 8 heteroatoms. The summed E-state index contributed by atoms with van der Waals surface area (Å²) in [6, 6.07) is 2.11. The molecule has 1 aromatic heterocycles. The van der Waals surface area contributed by atoms with Crippen LogP contribution in [0.25, 0.3) is 11.0 Å². The van der Waals surface area contributed by atoms with E-state index in [0.29, 0.717) is 28.9 Å². The molecule has 0 saturated carbocycles. The lowest BCUT2D eigenvalue weighted by Gasteiger charge is -2.19. The van der Waals surface area contributed by atoms with Crippen LogP contribution >= 0.6 is 0 Å². The molecule has 0 aliphatic carbocycles. The smallest absolute Gasteiger partial charge is 0.340 e. The molecule has 2 rings (SSSR count). The zero-order valence-corrected chi connectivity index (χ0v) is 16.4. The van der Waals surface area contributed by atoms with E-state index in [2.05, 4.69) is 5.32 Å². The number of hydrogen-bond donors (Lipinski definition) is 1. The van der Waals surface area contributed by atoms with E-state index in [9.17, 15) is 19.5 Å². The molecule has 8 nitrogen and oxygen atoms in total. The summed E-state index contributed by atoms with van der Waals surface area (Å²) < 4.78 is 15.9. The van der Waals surface area contributed by atoms with Gasteiger partial charge in [0.15, 0.2) is 0 Å². The number of carbonyl (C=O) groups excluding carboxylic acids is 2. The topological polar surface area (TPSA) is 118 Å². The molecule has 28 heavy (non-hydrogen) atoms. The number of rotatable bonds is 9. The second kappa shape index (κ2) is 9.25. The first kappa shape index (κ1) is 21.3. The van der Waals surface area contributed by atoms with Crippen molar-refractivity contribution in [3.05, 3.63) is 33.7 Å². The van der Waals surface area contributed by atoms with Crippen molar-refractivity contribution in [3.8, 4) is 11.5 Å². The van der Waals surface area contributed by atoms with Crippen LogP contribution in [0.1, 0.15) is 37.3 Å². The van der Waals surface area contributed by atoms with Crippen LogP contribution in [0, 0.1) is 6.92 Å². The fourth-order valence-corrected chi connectivity index (χ4v) is 3.03. The van der Waals surface area contributed by atoms with Gasteiger partial charge in [-0.05, 0) is 18.9 Å². The van der Waals surface area contributed by atoms with Gasteiger partial charge in [0.25, 0.3) is 0 Å². The third-order valence-corrected chi connectivity index (χ3v) is 4.58. The number of methoxy groups -OCH3 is 2. The molecule has 1 amide bonds. The van der Waals surface area contributed by atoms with Crippen LogP contribution in [0.15, 0.2) is 21.3 Å². The van der Waals surface area contributed by atoms with Crippen LogP contribution in [0.2, 0.25) is 0 Å². The van der Waals surface area contributed by atoms with Gasteiger partial charge in [-0.3, -0.25) is 4.79 Å². The Morgan fingerprint density at radius 3 is 2.54 bits per heavy atom. The number of carbonyl (C=O) groups is 2. The Hall–Kier alpha value is -3.03. The molecule has 0 aliphatic rings. The molecule has 152 valence electrons. The fourth-order valence-electron chi connectivity index (χ4n) is 3.03. The van der Waals surface area contributed by atoms with Crippen LogP contribution in [-0.2, 0) is 16.0 Å². The molecule has 0 aliphatic heterocycles. The van der Waals surface area contributed by atoms with Gasteiger partial charge in [-0.2, -0.15) is 0 Å². The standard InChI is InChI=1S/C20H25NO7/c1-5-6-7-14(19(23)24)21-17(22)10-13-11(2)18-15(27-4)8-12(26-3)9-16(18)28-20(13)25/h8-9,14H,5-7,10H2,1-4H3,(H,21,22)(H,23,24)/p-1/t14-/m0/s1. The van der Waals surface area contributed by atoms with Gasteiger partial charge in [0, 0.05) is 12.1 Å². The van der Waals surface area contributed by atoms with E-state index in [1.165, 1.54) is 14.2 Å². The lowest BCUT2D eigenvalue weighted by atomic mass is 10.0. The van der Waals surface area contributed by atoms with Crippen molar-refractivity contribution in [1.29, 1.82) is 0 Å². The highest BCUT2D eigenvalue weighted by molar-refractivity contribution is 5.91. The molecule has 0 spiro atoms. The quantitative estimate of drug-likeness (QED) is 0.637. The minimum atomic E-state index is -1.35. The Morgan fingerprint density at radius 2 is 1.96 bits per heavy atom. The van der Waals surface area contributed by atoms with Crippen molar-refractivity contribution in [1.82, 2.24) is 5.32 Å². The summed E-state index contributed by atoms with van der Waals surface area (Å²) in [5, 5.41) is 14.2. The maximum absolute atomic E-state index is 12.4. The molecule has 0 unspecified atom stereocenters. The number of nitrogens with one attached hydrogen (secondary N) is 1. The first-order chi connectivity index (χ1) is 13.3. The molecular formula is C20H24NO7-. The molecule has 1 aromatic carbocycles. The van der Waals surface area contributed by atoms with Crippen molar-refractivity contribution >= 4 is 22.8 Å². The zero-order chi connectivity index (χ0) is 20.8. The van der Waals surface area contributed by atoms with Gasteiger partial charge in [0.2, 0.25) is 5.91 Å². The van der Waals surface area contributed by atoms with Crippen LogP contribution in [-0.4, -0.2) is 32.1 Å². The Kier molecular flexibility index (Phi) is 7.03. The minimum absolute atomic E-state index is 0.140. The van der Waals surface area contributed by atoms with Gasteiger partial charge in [-0.25, -0.2) is 4.79 Å². The molecule has 1 heterocycles. The molecule has 1 atom stereocenters. The van der Waals surface area contributed by atoms with E-state index in [4.69, 9.17) is 13.9 Å². The molecule has 0 bridgehead atoms. The van der Waals surface area contributed by atoms with E-state index in [1.807, 2.05) is 6.92 Å². The maximum Gasteiger partial charge on any atom is 0.340 e. The predicted octanol–water partition coefficient (Wildman–Crippen LogP) is 1.09. The molecule has 0 saturated heterocycles. The predicted molar refractivity (Wildman–Crippen MR) is 100 cm³/mol. The second-order valence-electron chi connectivity index (χ2n) is 6.45. The van der Waals surface area contributed by atoms with Gasteiger partial charge in [-0.15, -0.1) is 0 Å². The average Bonchev–Trinajstić information content (AvgIpc) is 2.66.